The van der Waals surface area contributed by atoms with E-state index in [2.05, 4.69) is 11.8 Å². The lowest BCUT2D eigenvalue weighted by atomic mass is 10.2. The molecule has 1 aromatic carbocycles. The van der Waals surface area contributed by atoms with Crippen molar-refractivity contribution in [2.45, 2.75) is 32.5 Å². The van der Waals surface area contributed by atoms with Crippen LogP contribution in [0.5, 0.6) is 5.75 Å². The normalized spacial score (nSPS) is 19.2. The Bertz CT molecular complexity index is 568. The molecule has 0 aliphatic carbocycles. The van der Waals surface area contributed by atoms with Crippen LogP contribution in [-0.2, 0) is 13.1 Å². The second-order valence-electron chi connectivity index (χ2n) is 5.15. The number of furan rings is 1. The number of halogens is 1. The van der Waals surface area contributed by atoms with E-state index in [9.17, 15) is 0 Å². The quantitative estimate of drug-likeness (QED) is 0.851. The zero-order valence-electron chi connectivity index (χ0n) is 11.5. The van der Waals surface area contributed by atoms with Crippen molar-refractivity contribution >= 4 is 11.6 Å². The Balaban J connectivity index is 1.84. The summed E-state index contributed by atoms with van der Waals surface area (Å²) in [6.07, 6.45) is 2.87. The van der Waals surface area contributed by atoms with E-state index in [-0.39, 0.29) is 6.10 Å². The van der Waals surface area contributed by atoms with E-state index < -0.39 is 0 Å². The van der Waals surface area contributed by atoms with E-state index in [0.717, 1.165) is 42.6 Å². The first-order valence-electron chi connectivity index (χ1n) is 6.94. The monoisotopic (exact) mass is 291 g/mol. The van der Waals surface area contributed by atoms with Crippen molar-refractivity contribution in [1.29, 1.82) is 0 Å². The number of nitrogens with zero attached hydrogens (tertiary/aromatic N) is 1. The minimum atomic E-state index is 0.185. The van der Waals surface area contributed by atoms with Crippen LogP contribution in [0.3, 0.4) is 0 Å². The van der Waals surface area contributed by atoms with Crippen LogP contribution < -0.4 is 4.74 Å². The zero-order valence-corrected chi connectivity index (χ0v) is 12.3. The fourth-order valence-corrected chi connectivity index (χ4v) is 2.70. The van der Waals surface area contributed by atoms with Crippen molar-refractivity contribution in [3.05, 3.63) is 52.9 Å². The van der Waals surface area contributed by atoms with Crippen molar-refractivity contribution in [2.24, 2.45) is 0 Å². The fourth-order valence-electron chi connectivity index (χ4n) is 2.53. The first-order valence-corrected chi connectivity index (χ1v) is 7.32. The highest BCUT2D eigenvalue weighted by Crippen LogP contribution is 2.29. The topological polar surface area (TPSA) is 25.6 Å². The van der Waals surface area contributed by atoms with Gasteiger partial charge in [0.25, 0.3) is 0 Å². The van der Waals surface area contributed by atoms with Crippen LogP contribution in [0, 0.1) is 0 Å². The molecule has 1 atom stereocenters. The highest BCUT2D eigenvalue weighted by molar-refractivity contribution is 6.30. The molecule has 2 aromatic rings. The molecule has 0 N–H and O–H groups in total. The van der Waals surface area contributed by atoms with Gasteiger partial charge in [-0.3, -0.25) is 4.90 Å². The van der Waals surface area contributed by atoms with Crippen molar-refractivity contribution < 1.29 is 9.15 Å². The average molecular weight is 292 g/mol. The number of benzene rings is 1. The number of ether oxygens (including phenoxy) is 1. The van der Waals surface area contributed by atoms with Crippen LogP contribution in [0.25, 0.3) is 0 Å². The molecular weight excluding hydrogens is 274 g/mol. The molecule has 1 aliphatic rings. The second kappa shape index (κ2) is 5.90. The first-order chi connectivity index (χ1) is 9.74. The van der Waals surface area contributed by atoms with Gasteiger partial charge in [-0.05, 0) is 30.7 Å². The Kier molecular flexibility index (Phi) is 3.99. The molecule has 1 aromatic heterocycles. The minimum Gasteiger partial charge on any atom is -0.489 e. The van der Waals surface area contributed by atoms with Gasteiger partial charge in [0.05, 0.1) is 12.8 Å². The summed E-state index contributed by atoms with van der Waals surface area (Å²) < 4.78 is 11.5. The molecule has 0 amide bonds. The third-order valence-corrected chi connectivity index (χ3v) is 3.83. The zero-order chi connectivity index (χ0) is 13.9. The Hall–Kier alpha value is -1.45. The second-order valence-corrected chi connectivity index (χ2v) is 5.59. The number of hydrogen-bond donors (Lipinski definition) is 0. The molecule has 20 heavy (non-hydrogen) atoms. The molecule has 3 nitrogen and oxygen atoms in total. The van der Waals surface area contributed by atoms with Gasteiger partial charge in [-0.2, -0.15) is 0 Å². The van der Waals surface area contributed by atoms with Crippen LogP contribution in [-0.4, -0.2) is 17.5 Å². The molecule has 0 saturated heterocycles. The summed E-state index contributed by atoms with van der Waals surface area (Å²) in [5.74, 6) is 1.89. The molecule has 3 rings (SSSR count). The van der Waals surface area contributed by atoms with Gasteiger partial charge in [-0.1, -0.05) is 24.6 Å². The summed E-state index contributed by atoms with van der Waals surface area (Å²) in [5, 5.41) is 0.720. The predicted octanol–water partition coefficient (Wildman–Crippen LogP) is 4.11. The number of fused-ring (bicyclic) bond motifs is 1. The Morgan fingerprint density at radius 3 is 3.00 bits per heavy atom. The van der Waals surface area contributed by atoms with E-state index >= 15 is 0 Å². The molecule has 0 spiro atoms. The lowest BCUT2D eigenvalue weighted by Crippen LogP contribution is -2.31. The van der Waals surface area contributed by atoms with Crippen molar-refractivity contribution in [1.82, 2.24) is 4.90 Å². The summed E-state index contributed by atoms with van der Waals surface area (Å²) in [5.41, 5.74) is 1.18. The highest BCUT2D eigenvalue weighted by atomic mass is 35.5. The lowest BCUT2D eigenvalue weighted by molar-refractivity contribution is 0.134. The maximum Gasteiger partial charge on any atom is 0.125 e. The van der Waals surface area contributed by atoms with Gasteiger partial charge < -0.3 is 9.15 Å². The van der Waals surface area contributed by atoms with Gasteiger partial charge in [0.15, 0.2) is 0 Å². The molecule has 2 heterocycles. The van der Waals surface area contributed by atoms with E-state index in [4.69, 9.17) is 20.8 Å². The number of hydrogen-bond acceptors (Lipinski definition) is 3. The van der Waals surface area contributed by atoms with Crippen molar-refractivity contribution in [2.75, 3.05) is 6.54 Å². The predicted molar refractivity (Wildman–Crippen MR) is 79.0 cm³/mol. The Morgan fingerprint density at radius 1 is 1.35 bits per heavy atom. The van der Waals surface area contributed by atoms with Gasteiger partial charge in [0.1, 0.15) is 17.6 Å². The van der Waals surface area contributed by atoms with Crippen LogP contribution in [0.1, 0.15) is 24.7 Å². The highest BCUT2D eigenvalue weighted by Gasteiger charge is 2.22. The maximum absolute atomic E-state index is 6.08. The SMILES string of the molecule is CCC1CN(Cc2ccco2)Cc2ccc(Cl)cc2O1. The minimum absolute atomic E-state index is 0.185. The summed E-state index contributed by atoms with van der Waals surface area (Å²) in [7, 11) is 0. The van der Waals surface area contributed by atoms with Crippen molar-refractivity contribution in [3.8, 4) is 5.75 Å². The van der Waals surface area contributed by atoms with E-state index in [1.165, 1.54) is 5.56 Å². The molecule has 4 heteroatoms. The van der Waals surface area contributed by atoms with Crippen LogP contribution in [0.4, 0.5) is 0 Å². The smallest absolute Gasteiger partial charge is 0.125 e. The van der Waals surface area contributed by atoms with Gasteiger partial charge >= 0.3 is 0 Å². The van der Waals surface area contributed by atoms with Crippen LogP contribution >= 0.6 is 11.6 Å². The Morgan fingerprint density at radius 2 is 2.25 bits per heavy atom. The van der Waals surface area contributed by atoms with E-state index in [1.807, 2.05) is 30.3 Å². The standard InChI is InChI=1S/C16H18ClNO2/c1-2-14-10-18(11-15-4-3-7-19-15)9-12-5-6-13(17)8-16(12)20-14/h3-8,14H,2,9-11H2,1H3. The summed E-state index contributed by atoms with van der Waals surface area (Å²) >= 11 is 6.06. The summed E-state index contributed by atoms with van der Waals surface area (Å²) in [6.45, 7) is 4.69. The van der Waals surface area contributed by atoms with Crippen molar-refractivity contribution in [3.63, 3.8) is 0 Å². The lowest BCUT2D eigenvalue weighted by Gasteiger charge is -2.22. The van der Waals surface area contributed by atoms with Gasteiger partial charge in [0, 0.05) is 23.7 Å². The maximum atomic E-state index is 6.08. The first kappa shape index (κ1) is 13.5. The van der Waals surface area contributed by atoms with Crippen LogP contribution in [0.15, 0.2) is 41.0 Å². The van der Waals surface area contributed by atoms with Gasteiger partial charge in [-0.15, -0.1) is 0 Å². The van der Waals surface area contributed by atoms with E-state index in [0.29, 0.717) is 0 Å². The molecule has 0 radical (unpaired) electrons. The van der Waals surface area contributed by atoms with Gasteiger partial charge in [-0.25, -0.2) is 0 Å². The third kappa shape index (κ3) is 3.00. The summed E-state index contributed by atoms with van der Waals surface area (Å²) in [4.78, 5) is 2.35. The molecule has 106 valence electrons. The number of rotatable bonds is 3. The molecule has 1 aliphatic heterocycles. The molecular formula is C16H18ClNO2. The average Bonchev–Trinajstić information content (AvgIpc) is 2.86. The van der Waals surface area contributed by atoms with Gasteiger partial charge in [0.2, 0.25) is 0 Å². The third-order valence-electron chi connectivity index (χ3n) is 3.59. The largest absolute Gasteiger partial charge is 0.489 e. The summed E-state index contributed by atoms with van der Waals surface area (Å²) in [6, 6.07) is 9.81. The van der Waals surface area contributed by atoms with E-state index in [1.54, 1.807) is 6.26 Å². The molecule has 0 bridgehead atoms. The molecule has 0 saturated carbocycles. The molecule has 0 fully saturated rings. The Labute approximate surface area is 124 Å². The van der Waals surface area contributed by atoms with Crippen LogP contribution in [0.2, 0.25) is 5.02 Å². The fraction of sp³-hybridized carbons (Fsp3) is 0.375. The molecule has 1 unspecified atom stereocenters.